The molecule has 0 saturated heterocycles. The molecule has 1 aliphatic carbocycles. The number of benzene rings is 1. The number of rotatable bonds is 6. The highest BCUT2D eigenvalue weighted by atomic mass is 19.4. The van der Waals surface area contributed by atoms with Crippen LogP contribution in [-0.2, 0) is 25.8 Å². The first kappa shape index (κ1) is 15.9. The Balaban J connectivity index is 1.67. The Kier molecular flexibility index (Phi) is 4.36. The number of alkyl halides is 3. The molecule has 1 saturated carbocycles. The van der Waals surface area contributed by atoms with Crippen LogP contribution in [0.2, 0.25) is 0 Å². The lowest BCUT2D eigenvalue weighted by Gasteiger charge is -2.20. The lowest BCUT2D eigenvalue weighted by Crippen LogP contribution is -2.25. The Morgan fingerprint density at radius 1 is 1.17 bits per heavy atom. The molecule has 5 nitrogen and oxygen atoms in total. The second kappa shape index (κ2) is 6.29. The van der Waals surface area contributed by atoms with Crippen LogP contribution in [0, 0.1) is 0 Å². The molecule has 0 amide bonds. The van der Waals surface area contributed by atoms with E-state index in [0.29, 0.717) is 30.8 Å². The first-order valence-electron chi connectivity index (χ1n) is 7.37. The fourth-order valence-electron chi connectivity index (χ4n) is 2.41. The van der Waals surface area contributed by atoms with Crippen molar-refractivity contribution in [1.29, 1.82) is 0 Å². The lowest BCUT2D eigenvalue weighted by atomic mass is 10.1. The van der Waals surface area contributed by atoms with Gasteiger partial charge in [-0.05, 0) is 30.5 Å². The fraction of sp³-hybridized carbons (Fsp3) is 0.467. The molecule has 3 rings (SSSR count). The zero-order chi connectivity index (χ0) is 16.4. The number of nitrogens with zero attached hydrogens (tertiary/aromatic N) is 3. The van der Waals surface area contributed by atoms with E-state index >= 15 is 0 Å². The molecule has 0 atom stereocenters. The molecule has 8 heteroatoms. The van der Waals surface area contributed by atoms with Crippen molar-refractivity contribution in [1.82, 2.24) is 15.0 Å². The third kappa shape index (κ3) is 4.08. The van der Waals surface area contributed by atoms with Crippen LogP contribution in [0.5, 0.6) is 0 Å². The number of aromatic nitrogens is 2. The van der Waals surface area contributed by atoms with Crippen LogP contribution >= 0.6 is 0 Å². The van der Waals surface area contributed by atoms with Crippen LogP contribution in [0.4, 0.5) is 13.2 Å². The first-order chi connectivity index (χ1) is 11.0. The van der Waals surface area contributed by atoms with Crippen molar-refractivity contribution in [2.75, 3.05) is 0 Å². The molecule has 1 aliphatic rings. The molecule has 1 heterocycles. The maximum absolute atomic E-state index is 12.6. The van der Waals surface area contributed by atoms with E-state index in [4.69, 9.17) is 10.3 Å². The number of hydrogen-bond acceptors (Lipinski definition) is 5. The number of nitrogens with two attached hydrogens (primary N) is 1. The summed E-state index contributed by atoms with van der Waals surface area (Å²) in [5.74, 6) is 0.925. The zero-order valence-electron chi connectivity index (χ0n) is 12.4. The highest BCUT2D eigenvalue weighted by Gasteiger charge is 2.31. The molecule has 0 bridgehead atoms. The van der Waals surface area contributed by atoms with Crippen molar-refractivity contribution in [3.05, 3.63) is 47.1 Å². The molecular weight excluding hydrogens is 309 g/mol. The molecular formula is C15H17F3N4O. The summed E-state index contributed by atoms with van der Waals surface area (Å²) in [6.45, 7) is 1.24. The molecule has 2 N–H and O–H groups in total. The van der Waals surface area contributed by atoms with Crippen molar-refractivity contribution in [3.63, 3.8) is 0 Å². The van der Waals surface area contributed by atoms with E-state index in [1.54, 1.807) is 0 Å². The topological polar surface area (TPSA) is 68.2 Å². The van der Waals surface area contributed by atoms with Gasteiger partial charge in [0.1, 0.15) is 0 Å². The minimum Gasteiger partial charge on any atom is -0.338 e. The molecule has 0 aliphatic heterocycles. The first-order valence-corrected chi connectivity index (χ1v) is 7.37. The van der Waals surface area contributed by atoms with Gasteiger partial charge in [0.2, 0.25) is 5.89 Å². The third-order valence-corrected chi connectivity index (χ3v) is 3.76. The van der Waals surface area contributed by atoms with E-state index < -0.39 is 11.7 Å². The molecule has 1 fully saturated rings. The van der Waals surface area contributed by atoms with Gasteiger partial charge in [-0.1, -0.05) is 17.3 Å². The Bertz CT molecular complexity index is 649. The molecule has 0 unspecified atom stereocenters. The third-order valence-electron chi connectivity index (χ3n) is 3.76. The monoisotopic (exact) mass is 326 g/mol. The average molecular weight is 326 g/mol. The van der Waals surface area contributed by atoms with Gasteiger partial charge in [0, 0.05) is 12.6 Å². The van der Waals surface area contributed by atoms with Crippen molar-refractivity contribution in [2.45, 2.75) is 44.7 Å². The number of hydrogen-bond donors (Lipinski definition) is 1. The normalized spacial score (nSPS) is 15.3. The van der Waals surface area contributed by atoms with Gasteiger partial charge in [-0.25, -0.2) is 0 Å². The summed E-state index contributed by atoms with van der Waals surface area (Å²) in [6.07, 6.45) is -2.16. The largest absolute Gasteiger partial charge is 0.416 e. The highest BCUT2D eigenvalue weighted by Crippen LogP contribution is 2.31. The van der Waals surface area contributed by atoms with Crippen LogP contribution in [0.1, 0.15) is 35.7 Å². The molecule has 1 aromatic carbocycles. The van der Waals surface area contributed by atoms with Gasteiger partial charge in [0.25, 0.3) is 0 Å². The summed E-state index contributed by atoms with van der Waals surface area (Å²) < 4.78 is 42.8. The smallest absolute Gasteiger partial charge is 0.338 e. The second-order valence-electron chi connectivity index (χ2n) is 5.64. The molecule has 124 valence electrons. The van der Waals surface area contributed by atoms with Gasteiger partial charge in [-0.2, -0.15) is 18.2 Å². The Hall–Kier alpha value is -1.93. The molecule has 0 radical (unpaired) electrons. The highest BCUT2D eigenvalue weighted by molar-refractivity contribution is 5.24. The molecule has 2 aromatic rings. The summed E-state index contributed by atoms with van der Waals surface area (Å²) in [6, 6.07) is 5.67. The van der Waals surface area contributed by atoms with Crippen LogP contribution in [0.3, 0.4) is 0 Å². The SMILES string of the molecule is NCc1nc(CN(Cc2ccc(C(F)(F)F)cc2)C2CC2)no1. The summed E-state index contributed by atoms with van der Waals surface area (Å²) in [4.78, 5) is 6.32. The van der Waals surface area contributed by atoms with Crippen molar-refractivity contribution >= 4 is 0 Å². The van der Waals surface area contributed by atoms with Crippen LogP contribution in [0.25, 0.3) is 0 Å². The lowest BCUT2D eigenvalue weighted by molar-refractivity contribution is -0.137. The summed E-state index contributed by atoms with van der Waals surface area (Å²) in [5, 5.41) is 3.87. The maximum Gasteiger partial charge on any atom is 0.416 e. The predicted molar refractivity (Wildman–Crippen MR) is 75.9 cm³/mol. The van der Waals surface area contributed by atoms with Gasteiger partial charge in [0.15, 0.2) is 5.82 Å². The van der Waals surface area contributed by atoms with Crippen molar-refractivity contribution < 1.29 is 17.7 Å². The molecule has 23 heavy (non-hydrogen) atoms. The van der Waals surface area contributed by atoms with Gasteiger partial charge in [0.05, 0.1) is 18.7 Å². The van der Waals surface area contributed by atoms with Gasteiger partial charge < -0.3 is 10.3 Å². The number of halogens is 3. The average Bonchev–Trinajstić information content (AvgIpc) is 3.26. The van der Waals surface area contributed by atoms with E-state index in [1.165, 1.54) is 12.1 Å². The Morgan fingerprint density at radius 3 is 2.39 bits per heavy atom. The maximum atomic E-state index is 12.6. The summed E-state index contributed by atoms with van der Waals surface area (Å²) >= 11 is 0. The Labute approximate surface area is 131 Å². The van der Waals surface area contributed by atoms with E-state index in [-0.39, 0.29) is 6.54 Å². The van der Waals surface area contributed by atoms with E-state index in [9.17, 15) is 13.2 Å². The van der Waals surface area contributed by atoms with E-state index in [2.05, 4.69) is 15.0 Å². The summed E-state index contributed by atoms with van der Waals surface area (Å²) in [5.41, 5.74) is 5.63. The standard InChI is InChI=1S/C15H17F3N4O/c16-15(17,18)11-3-1-10(2-4-11)8-22(12-5-6-12)9-13-20-14(7-19)23-21-13/h1-4,12H,5-9,19H2. The van der Waals surface area contributed by atoms with Gasteiger partial charge >= 0.3 is 6.18 Å². The zero-order valence-corrected chi connectivity index (χ0v) is 12.4. The van der Waals surface area contributed by atoms with Crippen LogP contribution in [0.15, 0.2) is 28.8 Å². The Morgan fingerprint density at radius 2 is 1.87 bits per heavy atom. The molecule has 0 spiro atoms. The second-order valence-corrected chi connectivity index (χ2v) is 5.64. The van der Waals surface area contributed by atoms with Crippen LogP contribution < -0.4 is 5.73 Å². The van der Waals surface area contributed by atoms with E-state index in [1.807, 2.05) is 0 Å². The predicted octanol–water partition coefficient (Wildman–Crippen LogP) is 2.71. The van der Waals surface area contributed by atoms with E-state index in [0.717, 1.165) is 30.5 Å². The van der Waals surface area contributed by atoms with Gasteiger partial charge in [-0.15, -0.1) is 0 Å². The minimum absolute atomic E-state index is 0.190. The molecule has 1 aromatic heterocycles. The summed E-state index contributed by atoms with van der Waals surface area (Å²) in [7, 11) is 0. The quantitative estimate of drug-likeness (QED) is 0.884. The van der Waals surface area contributed by atoms with Crippen molar-refractivity contribution in [3.8, 4) is 0 Å². The van der Waals surface area contributed by atoms with Gasteiger partial charge in [-0.3, -0.25) is 4.90 Å². The van der Waals surface area contributed by atoms with Crippen molar-refractivity contribution in [2.24, 2.45) is 5.73 Å². The fourth-order valence-corrected chi connectivity index (χ4v) is 2.41. The van der Waals surface area contributed by atoms with Crippen LogP contribution in [-0.4, -0.2) is 21.1 Å². The minimum atomic E-state index is -4.31.